The summed E-state index contributed by atoms with van der Waals surface area (Å²) in [5, 5.41) is 11.1. The van der Waals surface area contributed by atoms with E-state index in [4.69, 9.17) is 5.11 Å². The van der Waals surface area contributed by atoms with Gasteiger partial charge in [0.1, 0.15) is 0 Å². The number of pyridine rings is 1. The Morgan fingerprint density at radius 1 is 0.900 bits per heavy atom. The quantitative estimate of drug-likeness (QED) is 0.489. The van der Waals surface area contributed by atoms with Gasteiger partial charge in [0.05, 0.1) is 11.3 Å². The van der Waals surface area contributed by atoms with Gasteiger partial charge in [-0.15, -0.1) is 0 Å². The van der Waals surface area contributed by atoms with Crippen LogP contribution in [-0.2, 0) is 6.54 Å². The lowest BCUT2D eigenvalue weighted by Crippen LogP contribution is -2.47. The minimum Gasteiger partial charge on any atom is -0.465 e. The van der Waals surface area contributed by atoms with Crippen LogP contribution < -0.4 is 5.56 Å². The number of aromatic amines is 2. The molecule has 2 aromatic carbocycles. The fourth-order valence-corrected chi connectivity index (χ4v) is 4.13. The Bertz CT molecular complexity index is 1300. The molecule has 1 aliphatic rings. The molecule has 7 nitrogen and oxygen atoms in total. The average molecular weight is 402 g/mol. The molecule has 3 N–H and O–H groups in total. The largest absolute Gasteiger partial charge is 0.465 e. The van der Waals surface area contributed by atoms with Crippen LogP contribution in [0.2, 0.25) is 0 Å². The maximum absolute atomic E-state index is 12.6. The lowest BCUT2D eigenvalue weighted by molar-refractivity contribution is 0.103. The molecule has 7 heteroatoms. The van der Waals surface area contributed by atoms with E-state index in [2.05, 4.69) is 27.0 Å². The zero-order valence-electron chi connectivity index (χ0n) is 16.4. The summed E-state index contributed by atoms with van der Waals surface area (Å²) in [6.07, 6.45) is -0.848. The van der Waals surface area contributed by atoms with Crippen molar-refractivity contribution in [2.45, 2.75) is 6.54 Å². The van der Waals surface area contributed by atoms with E-state index in [1.807, 2.05) is 42.5 Å². The molecule has 1 fully saturated rings. The number of fused-ring (bicyclic) bond motifs is 2. The normalized spacial score (nSPS) is 15.1. The Morgan fingerprint density at radius 2 is 1.67 bits per heavy atom. The fourth-order valence-electron chi connectivity index (χ4n) is 4.13. The van der Waals surface area contributed by atoms with Crippen molar-refractivity contribution in [2.24, 2.45) is 0 Å². The molecule has 5 rings (SSSR count). The van der Waals surface area contributed by atoms with Gasteiger partial charge in [0.15, 0.2) is 0 Å². The first-order valence-corrected chi connectivity index (χ1v) is 10.0. The number of H-pyrrole nitrogens is 2. The van der Waals surface area contributed by atoms with Crippen LogP contribution in [0.25, 0.3) is 33.1 Å². The van der Waals surface area contributed by atoms with E-state index in [0.717, 1.165) is 47.1 Å². The van der Waals surface area contributed by atoms with E-state index >= 15 is 0 Å². The smallest absolute Gasteiger partial charge is 0.407 e. The van der Waals surface area contributed by atoms with Crippen LogP contribution in [0.3, 0.4) is 0 Å². The maximum atomic E-state index is 12.6. The Hall–Kier alpha value is -3.58. The molecule has 0 saturated carbocycles. The SMILES string of the molecule is O=C(O)N1CCN(Cc2ccc3[nH]c(-c4cc5ccccc5[nH]c4=O)cc3c2)CC1. The molecule has 152 valence electrons. The summed E-state index contributed by atoms with van der Waals surface area (Å²) < 4.78 is 0. The summed E-state index contributed by atoms with van der Waals surface area (Å²) in [4.78, 5) is 33.7. The lowest BCUT2D eigenvalue weighted by Gasteiger charge is -2.33. The van der Waals surface area contributed by atoms with Gasteiger partial charge in [-0.25, -0.2) is 4.79 Å². The molecule has 1 aliphatic heterocycles. The van der Waals surface area contributed by atoms with E-state index < -0.39 is 6.09 Å². The van der Waals surface area contributed by atoms with Crippen LogP contribution in [0.4, 0.5) is 4.79 Å². The van der Waals surface area contributed by atoms with Crippen molar-refractivity contribution in [1.29, 1.82) is 0 Å². The highest BCUT2D eigenvalue weighted by atomic mass is 16.4. The number of nitrogens with zero attached hydrogens (tertiary/aromatic N) is 2. The molecule has 0 unspecified atom stereocenters. The summed E-state index contributed by atoms with van der Waals surface area (Å²) in [5.74, 6) is 0. The molecule has 0 spiro atoms. The molecule has 0 radical (unpaired) electrons. The van der Waals surface area contributed by atoms with Gasteiger partial charge in [-0.1, -0.05) is 24.3 Å². The number of rotatable bonds is 3. The number of aromatic nitrogens is 2. The standard InChI is InChI=1S/C23H22N4O3/c28-22-18(12-16-3-1-2-4-19(16)25-22)21-13-17-11-15(5-6-20(17)24-21)14-26-7-9-27(10-8-26)23(29)30/h1-6,11-13,24H,7-10,14H2,(H,25,28)(H,29,30). The highest BCUT2D eigenvalue weighted by Crippen LogP contribution is 2.25. The molecule has 3 heterocycles. The molecule has 0 atom stereocenters. The predicted octanol–water partition coefficient (Wildman–Crippen LogP) is 3.47. The molecule has 1 amide bonds. The molecule has 1 saturated heterocycles. The number of benzene rings is 2. The monoisotopic (exact) mass is 402 g/mol. The number of carbonyl (C=O) groups is 1. The Morgan fingerprint density at radius 3 is 2.47 bits per heavy atom. The summed E-state index contributed by atoms with van der Waals surface area (Å²) in [5.41, 5.74) is 4.28. The minimum atomic E-state index is -0.848. The number of carboxylic acid groups (broad SMARTS) is 1. The summed E-state index contributed by atoms with van der Waals surface area (Å²) in [7, 11) is 0. The first kappa shape index (κ1) is 18.4. The third-order valence-electron chi connectivity index (χ3n) is 5.78. The van der Waals surface area contributed by atoms with Crippen molar-refractivity contribution in [2.75, 3.05) is 26.2 Å². The Kier molecular flexibility index (Phi) is 4.52. The van der Waals surface area contributed by atoms with Crippen LogP contribution in [0.15, 0.2) is 59.4 Å². The number of amides is 1. The molecular formula is C23H22N4O3. The van der Waals surface area contributed by atoms with Gasteiger partial charge in [-0.2, -0.15) is 0 Å². The second-order valence-corrected chi connectivity index (χ2v) is 7.75. The Balaban J connectivity index is 1.40. The third kappa shape index (κ3) is 3.44. The summed E-state index contributed by atoms with van der Waals surface area (Å²) >= 11 is 0. The number of para-hydroxylation sites is 1. The number of hydrogen-bond donors (Lipinski definition) is 3. The second-order valence-electron chi connectivity index (χ2n) is 7.75. The van der Waals surface area contributed by atoms with Crippen molar-refractivity contribution in [1.82, 2.24) is 19.8 Å². The molecule has 0 aliphatic carbocycles. The van der Waals surface area contributed by atoms with Crippen LogP contribution >= 0.6 is 0 Å². The van der Waals surface area contributed by atoms with Gasteiger partial charge in [0.2, 0.25) is 0 Å². The van der Waals surface area contributed by atoms with Crippen LogP contribution in [-0.4, -0.2) is 57.1 Å². The lowest BCUT2D eigenvalue weighted by atomic mass is 10.1. The van der Waals surface area contributed by atoms with Crippen molar-refractivity contribution >= 4 is 27.9 Å². The highest BCUT2D eigenvalue weighted by Gasteiger charge is 2.20. The van der Waals surface area contributed by atoms with Gasteiger partial charge < -0.3 is 20.0 Å². The van der Waals surface area contributed by atoms with E-state index in [0.29, 0.717) is 18.7 Å². The highest BCUT2D eigenvalue weighted by molar-refractivity contribution is 5.89. The third-order valence-corrected chi connectivity index (χ3v) is 5.78. The number of hydrogen-bond acceptors (Lipinski definition) is 3. The summed E-state index contributed by atoms with van der Waals surface area (Å²) in [6.45, 7) is 3.32. The van der Waals surface area contributed by atoms with Crippen molar-refractivity contribution in [3.63, 3.8) is 0 Å². The fraction of sp³-hybridized carbons (Fsp3) is 0.217. The van der Waals surface area contributed by atoms with Crippen LogP contribution in [0.5, 0.6) is 0 Å². The molecule has 30 heavy (non-hydrogen) atoms. The molecular weight excluding hydrogens is 380 g/mol. The van der Waals surface area contributed by atoms with Crippen molar-refractivity contribution in [3.8, 4) is 11.3 Å². The first-order chi connectivity index (χ1) is 14.6. The molecule has 2 aromatic heterocycles. The van der Waals surface area contributed by atoms with Gasteiger partial charge >= 0.3 is 6.09 Å². The minimum absolute atomic E-state index is 0.114. The maximum Gasteiger partial charge on any atom is 0.407 e. The van der Waals surface area contributed by atoms with Gasteiger partial charge in [0, 0.05) is 49.1 Å². The zero-order chi connectivity index (χ0) is 20.7. The van der Waals surface area contributed by atoms with Crippen molar-refractivity contribution < 1.29 is 9.90 Å². The summed E-state index contributed by atoms with van der Waals surface area (Å²) in [6, 6.07) is 17.9. The molecule has 0 bridgehead atoms. The van der Waals surface area contributed by atoms with Crippen LogP contribution in [0.1, 0.15) is 5.56 Å². The average Bonchev–Trinajstić information content (AvgIpc) is 3.16. The van der Waals surface area contributed by atoms with E-state index in [-0.39, 0.29) is 5.56 Å². The predicted molar refractivity (Wildman–Crippen MR) is 117 cm³/mol. The van der Waals surface area contributed by atoms with Crippen molar-refractivity contribution in [3.05, 3.63) is 70.5 Å². The molecule has 4 aromatic rings. The van der Waals surface area contributed by atoms with E-state index in [1.54, 1.807) is 0 Å². The number of piperazine rings is 1. The second kappa shape index (κ2) is 7.35. The van der Waals surface area contributed by atoms with Crippen LogP contribution in [0, 0.1) is 0 Å². The first-order valence-electron chi connectivity index (χ1n) is 10.0. The topological polar surface area (TPSA) is 92.4 Å². The van der Waals surface area contributed by atoms with E-state index in [9.17, 15) is 9.59 Å². The van der Waals surface area contributed by atoms with Gasteiger partial charge in [-0.05, 0) is 41.3 Å². The Labute approximate surface area is 172 Å². The number of nitrogens with one attached hydrogen (secondary N) is 2. The van der Waals surface area contributed by atoms with Gasteiger partial charge in [0.25, 0.3) is 5.56 Å². The van der Waals surface area contributed by atoms with E-state index in [1.165, 1.54) is 10.5 Å². The van der Waals surface area contributed by atoms with Gasteiger partial charge in [-0.3, -0.25) is 9.69 Å². The zero-order valence-corrected chi connectivity index (χ0v) is 16.4.